The average Bonchev–Trinajstić information content (AvgIpc) is 3.46. The second-order valence-electron chi connectivity index (χ2n) is 8.88. The van der Waals surface area contributed by atoms with Gasteiger partial charge in [-0.1, -0.05) is 12.1 Å². The fourth-order valence-corrected chi connectivity index (χ4v) is 4.49. The van der Waals surface area contributed by atoms with Crippen LogP contribution >= 0.6 is 0 Å². The molecule has 6 nitrogen and oxygen atoms in total. The van der Waals surface area contributed by atoms with Crippen molar-refractivity contribution in [3.8, 4) is 0 Å². The summed E-state index contributed by atoms with van der Waals surface area (Å²) >= 11 is 0. The van der Waals surface area contributed by atoms with Crippen LogP contribution in [0.3, 0.4) is 0 Å². The van der Waals surface area contributed by atoms with E-state index in [-0.39, 0.29) is 17.9 Å². The van der Waals surface area contributed by atoms with E-state index >= 15 is 0 Å². The van der Waals surface area contributed by atoms with E-state index in [1.54, 1.807) is 16.1 Å². The number of hydrogen-bond donors (Lipinski definition) is 1. The van der Waals surface area contributed by atoms with Crippen LogP contribution in [-0.4, -0.2) is 58.2 Å². The molecule has 1 N–H and O–H groups in total. The molecule has 2 aromatic rings. The number of halogens is 3. The molecule has 1 saturated carbocycles. The van der Waals surface area contributed by atoms with Crippen LogP contribution in [0.25, 0.3) is 0 Å². The summed E-state index contributed by atoms with van der Waals surface area (Å²) in [6.07, 6.45) is -0.345. The molecule has 31 heavy (non-hydrogen) atoms. The molecule has 2 amide bonds. The number of amides is 2. The van der Waals surface area contributed by atoms with Crippen molar-refractivity contribution in [3.63, 3.8) is 0 Å². The Morgan fingerprint density at radius 3 is 2.26 bits per heavy atom. The van der Waals surface area contributed by atoms with Gasteiger partial charge in [-0.15, -0.1) is 0 Å². The number of hydrogen-bond acceptors (Lipinski definition) is 4. The predicted octanol–water partition coefficient (Wildman–Crippen LogP) is 3.94. The molecule has 166 valence electrons. The maximum absolute atomic E-state index is 13.0. The number of aliphatic hydroxyl groups excluding tert-OH is 1. The number of aromatic nitrogens is 1. The Morgan fingerprint density at radius 2 is 1.65 bits per heavy atom. The third-order valence-corrected chi connectivity index (χ3v) is 6.45. The van der Waals surface area contributed by atoms with Gasteiger partial charge < -0.3 is 19.3 Å². The smallest absolute Gasteiger partial charge is 0.416 e. The Hall–Kier alpha value is -2.55. The molecule has 3 aliphatic rings. The van der Waals surface area contributed by atoms with Crippen molar-refractivity contribution in [2.75, 3.05) is 26.2 Å². The molecule has 3 heterocycles. The van der Waals surface area contributed by atoms with Crippen molar-refractivity contribution < 1.29 is 27.5 Å². The van der Waals surface area contributed by atoms with E-state index in [4.69, 9.17) is 4.42 Å². The molecule has 2 atom stereocenters. The van der Waals surface area contributed by atoms with Gasteiger partial charge in [0.25, 0.3) is 0 Å². The number of carbonyl (C=O) groups is 1. The van der Waals surface area contributed by atoms with Gasteiger partial charge in [-0.3, -0.25) is 0 Å². The van der Waals surface area contributed by atoms with E-state index in [9.17, 15) is 23.1 Å². The minimum absolute atomic E-state index is 0.132. The second kappa shape index (κ2) is 7.55. The van der Waals surface area contributed by atoms with Gasteiger partial charge in [-0.05, 0) is 37.0 Å². The zero-order valence-corrected chi connectivity index (χ0v) is 16.9. The van der Waals surface area contributed by atoms with E-state index in [1.165, 1.54) is 12.1 Å². The van der Waals surface area contributed by atoms with Crippen LogP contribution in [0.2, 0.25) is 0 Å². The second-order valence-corrected chi connectivity index (χ2v) is 8.88. The SMILES string of the molecule is O=C(N1CC(O)C1)N1CC(c2ccc(C(F)(F)F)cc2)CC(c2nc(C3CC3)co2)C1. The highest BCUT2D eigenvalue weighted by Crippen LogP contribution is 2.42. The monoisotopic (exact) mass is 435 g/mol. The number of likely N-dealkylation sites (tertiary alicyclic amines) is 2. The molecule has 1 aromatic heterocycles. The molecule has 1 aliphatic carbocycles. The van der Waals surface area contributed by atoms with E-state index in [2.05, 4.69) is 4.98 Å². The summed E-state index contributed by atoms with van der Waals surface area (Å²) in [5.74, 6) is 0.767. The average molecular weight is 435 g/mol. The number of carbonyl (C=O) groups excluding carboxylic acids is 1. The maximum Gasteiger partial charge on any atom is 0.416 e. The molecule has 2 unspecified atom stereocenters. The van der Waals surface area contributed by atoms with Gasteiger partial charge >= 0.3 is 12.2 Å². The number of piperidine rings is 1. The molecule has 0 bridgehead atoms. The summed E-state index contributed by atoms with van der Waals surface area (Å²) in [7, 11) is 0. The minimum atomic E-state index is -4.38. The van der Waals surface area contributed by atoms with Crippen molar-refractivity contribution in [3.05, 3.63) is 53.2 Å². The zero-order valence-electron chi connectivity index (χ0n) is 16.9. The molecule has 3 fully saturated rings. The van der Waals surface area contributed by atoms with Gasteiger partial charge in [0.1, 0.15) is 6.26 Å². The van der Waals surface area contributed by atoms with Crippen molar-refractivity contribution in [2.24, 2.45) is 0 Å². The largest absolute Gasteiger partial charge is 0.448 e. The number of urea groups is 1. The Bertz CT molecular complexity index is 949. The Kier molecular flexibility index (Phi) is 4.96. The van der Waals surface area contributed by atoms with Crippen LogP contribution in [0.5, 0.6) is 0 Å². The van der Waals surface area contributed by atoms with Gasteiger partial charge in [0.05, 0.1) is 36.4 Å². The lowest BCUT2D eigenvalue weighted by Crippen LogP contribution is -2.59. The Labute approximate surface area is 177 Å². The topological polar surface area (TPSA) is 69.8 Å². The Balaban J connectivity index is 1.38. The molecule has 2 saturated heterocycles. The summed E-state index contributed by atoms with van der Waals surface area (Å²) in [5.41, 5.74) is 1.01. The Morgan fingerprint density at radius 1 is 1.00 bits per heavy atom. The molecule has 2 aliphatic heterocycles. The lowest BCUT2D eigenvalue weighted by Gasteiger charge is -2.43. The van der Waals surface area contributed by atoms with Gasteiger partial charge in [-0.2, -0.15) is 13.2 Å². The number of aliphatic hydroxyl groups is 1. The van der Waals surface area contributed by atoms with Crippen LogP contribution in [0.1, 0.15) is 59.7 Å². The number of rotatable bonds is 3. The molecule has 0 radical (unpaired) electrons. The summed E-state index contributed by atoms with van der Waals surface area (Å²) in [4.78, 5) is 20.9. The minimum Gasteiger partial charge on any atom is -0.448 e. The first-order chi connectivity index (χ1) is 14.8. The maximum atomic E-state index is 13.0. The van der Waals surface area contributed by atoms with Crippen LogP contribution in [0.4, 0.5) is 18.0 Å². The number of nitrogens with zero attached hydrogens (tertiary/aromatic N) is 3. The highest BCUT2D eigenvalue weighted by molar-refractivity contribution is 5.75. The summed E-state index contributed by atoms with van der Waals surface area (Å²) in [6, 6.07) is 5.01. The van der Waals surface area contributed by atoms with E-state index in [1.807, 2.05) is 0 Å². The number of benzene rings is 1. The number of oxazole rings is 1. The first-order valence-corrected chi connectivity index (χ1v) is 10.6. The first-order valence-electron chi connectivity index (χ1n) is 10.6. The third-order valence-electron chi connectivity index (χ3n) is 6.45. The zero-order chi connectivity index (χ0) is 21.8. The fourth-order valence-electron chi connectivity index (χ4n) is 4.49. The van der Waals surface area contributed by atoms with Crippen molar-refractivity contribution in [1.82, 2.24) is 14.8 Å². The number of alkyl halides is 3. The van der Waals surface area contributed by atoms with E-state index in [0.717, 1.165) is 36.2 Å². The van der Waals surface area contributed by atoms with Crippen molar-refractivity contribution in [1.29, 1.82) is 0 Å². The van der Waals surface area contributed by atoms with Crippen LogP contribution in [-0.2, 0) is 6.18 Å². The fraction of sp³-hybridized carbons (Fsp3) is 0.545. The van der Waals surface area contributed by atoms with Crippen molar-refractivity contribution >= 4 is 6.03 Å². The molecule has 0 spiro atoms. The van der Waals surface area contributed by atoms with E-state index < -0.39 is 17.8 Å². The molecular weight excluding hydrogens is 411 g/mol. The summed E-state index contributed by atoms with van der Waals surface area (Å²) < 4.78 is 44.6. The van der Waals surface area contributed by atoms with Gasteiger partial charge in [0, 0.05) is 24.9 Å². The predicted molar refractivity (Wildman–Crippen MR) is 105 cm³/mol. The molecule has 5 rings (SSSR count). The van der Waals surface area contributed by atoms with Crippen LogP contribution in [0.15, 0.2) is 34.9 Å². The summed E-state index contributed by atoms with van der Waals surface area (Å²) in [5, 5.41) is 9.55. The highest BCUT2D eigenvalue weighted by Gasteiger charge is 2.39. The standard InChI is InChI=1S/C22H24F3N3O3/c23-22(24,25)17-5-3-13(4-6-17)15-7-16(20-26-19(12-31-20)14-1-2-14)9-27(8-15)21(30)28-10-18(29)11-28/h3-6,12,14-16,18,29H,1-2,7-11H2. The lowest BCUT2D eigenvalue weighted by atomic mass is 9.84. The quantitative estimate of drug-likeness (QED) is 0.793. The molecular formula is C22H24F3N3O3. The van der Waals surface area contributed by atoms with E-state index in [0.29, 0.717) is 44.4 Å². The van der Waals surface area contributed by atoms with Crippen LogP contribution < -0.4 is 0 Å². The van der Waals surface area contributed by atoms with Crippen molar-refractivity contribution in [2.45, 2.75) is 49.3 Å². The number of β-amino-alcohol motifs (C(OH)–C–C–N with tert-alkyl or cyclic N) is 1. The van der Waals surface area contributed by atoms with Gasteiger partial charge in [-0.25, -0.2) is 9.78 Å². The molecule has 1 aromatic carbocycles. The summed E-state index contributed by atoms with van der Waals surface area (Å²) in [6.45, 7) is 1.45. The molecule has 9 heteroatoms. The third kappa shape index (κ3) is 4.15. The highest BCUT2D eigenvalue weighted by atomic mass is 19.4. The lowest BCUT2D eigenvalue weighted by molar-refractivity contribution is -0.137. The van der Waals surface area contributed by atoms with Gasteiger partial charge in [0.2, 0.25) is 0 Å². The van der Waals surface area contributed by atoms with Gasteiger partial charge in [0.15, 0.2) is 5.89 Å². The normalized spacial score (nSPS) is 24.9. The first kappa shape index (κ1) is 20.4. The van der Waals surface area contributed by atoms with Crippen LogP contribution in [0, 0.1) is 0 Å².